The standard InChI is InChI=1S/C27H34N2O4/c1-4-5-6-7-8-9-10-15-26(30)28-22-18-20(16-17-25(22)32-3)29(2)23-19-27(31)33-24-14-12-11-13-21(23)24/h11-14,16-19H,4-10,15H2,1-3H3,(H,28,30). The molecular weight excluding hydrogens is 416 g/mol. The van der Waals surface area contributed by atoms with Crippen molar-refractivity contribution in [2.75, 3.05) is 24.4 Å². The summed E-state index contributed by atoms with van der Waals surface area (Å²) >= 11 is 0. The maximum atomic E-state index is 12.6. The van der Waals surface area contributed by atoms with Crippen molar-refractivity contribution < 1.29 is 13.9 Å². The van der Waals surface area contributed by atoms with Crippen molar-refractivity contribution in [3.63, 3.8) is 0 Å². The number of ether oxygens (including phenoxy) is 1. The van der Waals surface area contributed by atoms with Gasteiger partial charge in [0, 0.05) is 30.6 Å². The Bertz CT molecular complexity index is 1120. The Kier molecular flexibility index (Phi) is 8.93. The third-order valence-corrected chi connectivity index (χ3v) is 5.84. The molecule has 1 N–H and O–H groups in total. The first-order valence-electron chi connectivity index (χ1n) is 11.8. The third-order valence-electron chi connectivity index (χ3n) is 5.84. The van der Waals surface area contributed by atoms with Gasteiger partial charge in [0.15, 0.2) is 0 Å². The lowest BCUT2D eigenvalue weighted by Gasteiger charge is -2.22. The lowest BCUT2D eigenvalue weighted by Crippen LogP contribution is -2.15. The highest BCUT2D eigenvalue weighted by Crippen LogP contribution is 2.34. The minimum Gasteiger partial charge on any atom is -0.495 e. The molecule has 1 amide bonds. The number of rotatable bonds is 12. The number of methoxy groups -OCH3 is 1. The maximum absolute atomic E-state index is 12.6. The van der Waals surface area contributed by atoms with Crippen LogP contribution in [0, 0.1) is 0 Å². The van der Waals surface area contributed by atoms with Crippen molar-refractivity contribution in [3.05, 3.63) is 59.0 Å². The van der Waals surface area contributed by atoms with Gasteiger partial charge in [0.1, 0.15) is 11.3 Å². The average Bonchev–Trinajstić information content (AvgIpc) is 2.82. The molecule has 6 heteroatoms. The number of hydrogen-bond donors (Lipinski definition) is 1. The minimum atomic E-state index is -0.410. The van der Waals surface area contributed by atoms with Crippen LogP contribution in [-0.4, -0.2) is 20.1 Å². The zero-order valence-electron chi connectivity index (χ0n) is 19.9. The molecule has 0 saturated heterocycles. The first-order chi connectivity index (χ1) is 16.0. The number of carbonyl (C=O) groups excluding carboxylic acids is 1. The zero-order chi connectivity index (χ0) is 23.6. The summed E-state index contributed by atoms with van der Waals surface area (Å²) in [6.07, 6.45) is 8.66. The zero-order valence-corrected chi connectivity index (χ0v) is 19.9. The summed E-state index contributed by atoms with van der Waals surface area (Å²) in [5, 5.41) is 3.83. The van der Waals surface area contributed by atoms with Crippen LogP contribution >= 0.6 is 0 Å². The Balaban J connectivity index is 1.71. The van der Waals surface area contributed by atoms with Crippen LogP contribution in [0.4, 0.5) is 17.1 Å². The summed E-state index contributed by atoms with van der Waals surface area (Å²) in [5.74, 6) is 0.574. The molecule has 1 heterocycles. The highest BCUT2D eigenvalue weighted by molar-refractivity contribution is 5.95. The molecule has 0 fully saturated rings. The normalized spacial score (nSPS) is 10.9. The predicted octanol–water partition coefficient (Wildman–Crippen LogP) is 6.65. The van der Waals surface area contributed by atoms with E-state index in [1.165, 1.54) is 38.2 Å². The average molecular weight is 451 g/mol. The van der Waals surface area contributed by atoms with E-state index in [0.29, 0.717) is 23.4 Å². The molecule has 0 bridgehead atoms. The van der Waals surface area contributed by atoms with Crippen LogP contribution in [0.2, 0.25) is 0 Å². The van der Waals surface area contributed by atoms with E-state index in [0.717, 1.165) is 29.6 Å². The van der Waals surface area contributed by atoms with E-state index in [-0.39, 0.29) is 5.91 Å². The Morgan fingerprint density at radius 2 is 1.73 bits per heavy atom. The Morgan fingerprint density at radius 1 is 1.00 bits per heavy atom. The lowest BCUT2D eigenvalue weighted by atomic mass is 10.1. The molecule has 0 spiro atoms. The predicted molar refractivity (Wildman–Crippen MR) is 135 cm³/mol. The van der Waals surface area contributed by atoms with Gasteiger partial charge in [-0.05, 0) is 36.8 Å². The molecule has 6 nitrogen and oxygen atoms in total. The summed E-state index contributed by atoms with van der Waals surface area (Å²) in [5.41, 5.74) is 2.28. The number of benzene rings is 2. The highest BCUT2D eigenvalue weighted by Gasteiger charge is 2.14. The van der Waals surface area contributed by atoms with Crippen LogP contribution in [-0.2, 0) is 4.79 Å². The second kappa shape index (κ2) is 12.1. The molecule has 0 saturated carbocycles. The van der Waals surface area contributed by atoms with E-state index < -0.39 is 5.63 Å². The second-order valence-electron chi connectivity index (χ2n) is 8.31. The van der Waals surface area contributed by atoms with Crippen LogP contribution in [0.5, 0.6) is 5.75 Å². The van der Waals surface area contributed by atoms with Crippen molar-refractivity contribution >= 4 is 33.9 Å². The number of unbranched alkanes of at least 4 members (excludes halogenated alkanes) is 6. The molecule has 0 aliphatic carbocycles. The maximum Gasteiger partial charge on any atom is 0.338 e. The van der Waals surface area contributed by atoms with E-state index in [1.807, 2.05) is 48.3 Å². The van der Waals surface area contributed by atoms with E-state index in [1.54, 1.807) is 13.2 Å². The summed E-state index contributed by atoms with van der Waals surface area (Å²) in [4.78, 5) is 26.5. The van der Waals surface area contributed by atoms with Crippen LogP contribution in [0.1, 0.15) is 58.3 Å². The van der Waals surface area contributed by atoms with Crippen LogP contribution in [0.15, 0.2) is 57.7 Å². The van der Waals surface area contributed by atoms with Gasteiger partial charge in [0.05, 0.1) is 18.5 Å². The smallest absolute Gasteiger partial charge is 0.338 e. The number of nitrogens with one attached hydrogen (secondary N) is 1. The number of carbonyl (C=O) groups is 1. The Morgan fingerprint density at radius 3 is 2.48 bits per heavy atom. The van der Waals surface area contributed by atoms with Gasteiger partial charge in [0.2, 0.25) is 5.91 Å². The molecule has 3 aromatic rings. The van der Waals surface area contributed by atoms with Gasteiger partial charge in [-0.2, -0.15) is 0 Å². The number of hydrogen-bond acceptors (Lipinski definition) is 5. The molecule has 3 rings (SSSR count). The summed E-state index contributed by atoms with van der Waals surface area (Å²) < 4.78 is 10.8. The largest absolute Gasteiger partial charge is 0.495 e. The highest BCUT2D eigenvalue weighted by atomic mass is 16.5. The van der Waals surface area contributed by atoms with Crippen molar-refractivity contribution in [1.82, 2.24) is 0 Å². The quantitative estimate of drug-likeness (QED) is 0.247. The minimum absolute atomic E-state index is 0.0209. The van der Waals surface area contributed by atoms with E-state index in [9.17, 15) is 9.59 Å². The number of para-hydroxylation sites is 1. The second-order valence-corrected chi connectivity index (χ2v) is 8.31. The molecule has 0 aliphatic rings. The van der Waals surface area contributed by atoms with Gasteiger partial charge in [0.25, 0.3) is 0 Å². The fourth-order valence-corrected chi connectivity index (χ4v) is 3.97. The third kappa shape index (κ3) is 6.60. The molecule has 176 valence electrons. The van der Waals surface area contributed by atoms with Crippen molar-refractivity contribution in [2.24, 2.45) is 0 Å². The fraction of sp³-hybridized carbons (Fsp3) is 0.407. The SMILES string of the molecule is CCCCCCCCCC(=O)Nc1cc(N(C)c2cc(=O)oc3ccccc23)ccc1OC. The Labute approximate surface area is 195 Å². The molecule has 33 heavy (non-hydrogen) atoms. The molecule has 0 radical (unpaired) electrons. The first-order valence-corrected chi connectivity index (χ1v) is 11.8. The van der Waals surface area contributed by atoms with Gasteiger partial charge in [-0.3, -0.25) is 4.79 Å². The molecule has 0 atom stereocenters. The first kappa shape index (κ1) is 24.4. The van der Waals surface area contributed by atoms with Crippen molar-refractivity contribution in [2.45, 2.75) is 58.3 Å². The van der Waals surface area contributed by atoms with Crippen LogP contribution in [0.25, 0.3) is 11.0 Å². The summed E-state index contributed by atoms with van der Waals surface area (Å²) in [6.45, 7) is 2.21. The van der Waals surface area contributed by atoms with Gasteiger partial charge in [-0.25, -0.2) is 4.79 Å². The number of fused-ring (bicyclic) bond motifs is 1. The van der Waals surface area contributed by atoms with E-state index in [2.05, 4.69) is 12.2 Å². The fourth-order valence-electron chi connectivity index (χ4n) is 3.97. The molecule has 2 aromatic carbocycles. The van der Waals surface area contributed by atoms with Gasteiger partial charge in [-0.1, -0.05) is 57.6 Å². The van der Waals surface area contributed by atoms with Crippen LogP contribution in [0.3, 0.4) is 0 Å². The molecule has 0 unspecified atom stereocenters. The van der Waals surface area contributed by atoms with Gasteiger partial charge >= 0.3 is 5.63 Å². The summed E-state index contributed by atoms with van der Waals surface area (Å²) in [7, 11) is 3.47. The lowest BCUT2D eigenvalue weighted by molar-refractivity contribution is -0.116. The van der Waals surface area contributed by atoms with Gasteiger partial charge < -0.3 is 19.4 Å². The summed E-state index contributed by atoms with van der Waals surface area (Å²) in [6, 6.07) is 14.5. The van der Waals surface area contributed by atoms with Crippen molar-refractivity contribution in [1.29, 1.82) is 0 Å². The monoisotopic (exact) mass is 450 g/mol. The number of nitrogens with zero attached hydrogens (tertiary/aromatic N) is 1. The molecular formula is C27H34N2O4. The van der Waals surface area contributed by atoms with Crippen LogP contribution < -0.4 is 20.6 Å². The number of amides is 1. The topological polar surface area (TPSA) is 71.8 Å². The molecule has 1 aromatic heterocycles. The van der Waals surface area contributed by atoms with E-state index >= 15 is 0 Å². The number of anilines is 3. The van der Waals surface area contributed by atoms with Gasteiger partial charge in [-0.15, -0.1) is 0 Å². The molecule has 0 aliphatic heterocycles. The van der Waals surface area contributed by atoms with E-state index in [4.69, 9.17) is 9.15 Å². The Hall–Kier alpha value is -3.28. The van der Waals surface area contributed by atoms with Crippen molar-refractivity contribution in [3.8, 4) is 5.75 Å².